The summed E-state index contributed by atoms with van der Waals surface area (Å²) >= 11 is 5.67. The quantitative estimate of drug-likeness (QED) is 0.485. The van der Waals surface area contributed by atoms with Crippen LogP contribution in [0.4, 0.5) is 23.2 Å². The van der Waals surface area contributed by atoms with Crippen molar-refractivity contribution in [1.82, 2.24) is 4.72 Å². The van der Waals surface area contributed by atoms with Gasteiger partial charge in [-0.15, -0.1) is 0 Å². The van der Waals surface area contributed by atoms with E-state index in [0.717, 1.165) is 18.2 Å². The van der Waals surface area contributed by atoms with E-state index in [1.54, 1.807) is 0 Å². The van der Waals surface area contributed by atoms with Crippen molar-refractivity contribution in [1.29, 1.82) is 0 Å². The molecule has 0 atom stereocenters. The molecule has 0 spiro atoms. The van der Waals surface area contributed by atoms with Gasteiger partial charge in [-0.3, -0.25) is 4.79 Å². The molecule has 0 radical (unpaired) electrons. The molecule has 1 aliphatic carbocycles. The first-order valence-electron chi connectivity index (χ1n) is 9.40. The summed E-state index contributed by atoms with van der Waals surface area (Å²) in [5.41, 5.74) is -2.27. The molecule has 0 aromatic heterocycles. The molecule has 0 aliphatic heterocycles. The van der Waals surface area contributed by atoms with Crippen molar-refractivity contribution in [3.8, 4) is 0 Å². The summed E-state index contributed by atoms with van der Waals surface area (Å²) in [5, 5.41) is 11.8. The Hall–Kier alpha value is -2.21. The van der Waals surface area contributed by atoms with Gasteiger partial charge >= 0.3 is 0 Å². The summed E-state index contributed by atoms with van der Waals surface area (Å²) in [6, 6.07) is 6.81. The number of anilines is 1. The monoisotopic (exact) mass is 494 g/mol. The molecule has 6 nitrogen and oxygen atoms in total. The fourth-order valence-corrected chi connectivity index (χ4v) is 4.94. The third kappa shape index (κ3) is 5.22. The Morgan fingerprint density at radius 1 is 1.22 bits per heavy atom. The summed E-state index contributed by atoms with van der Waals surface area (Å²) in [5.74, 6) is -1.93. The molecular formula is C20H19ClF4N2O4S. The number of carbonyl (C=O) groups excluding carboxylic acids is 1. The van der Waals surface area contributed by atoms with Crippen molar-refractivity contribution in [2.45, 2.75) is 36.4 Å². The van der Waals surface area contributed by atoms with Gasteiger partial charge in [-0.05, 0) is 49.1 Å². The second-order valence-electron chi connectivity index (χ2n) is 7.57. The number of benzene rings is 2. The Kier molecular flexibility index (Phi) is 7.13. The highest BCUT2D eigenvalue weighted by molar-refractivity contribution is 7.89. The highest BCUT2D eigenvalue weighted by Crippen LogP contribution is 2.41. The largest absolute Gasteiger partial charge is 0.384 e. The smallest absolute Gasteiger partial charge is 0.266 e. The van der Waals surface area contributed by atoms with Crippen LogP contribution in [0.2, 0.25) is 5.02 Å². The molecule has 1 amide bonds. The van der Waals surface area contributed by atoms with Crippen LogP contribution in [-0.4, -0.2) is 38.0 Å². The standard InChI is InChI=1S/C20H19ClF4N2O4S/c21-15-6-14(3-4-16(15)23)27-18(28)12-1-2-13(9-22)17(5-12)32(30,31)26-10-11-7-20(29,8-11)19(24)25/h1-6,11,19,26,29H,7-10H2,(H,27,28). The van der Waals surface area contributed by atoms with Gasteiger partial charge in [-0.25, -0.2) is 30.7 Å². The van der Waals surface area contributed by atoms with Gasteiger partial charge in [-0.1, -0.05) is 17.7 Å². The molecule has 2 aromatic carbocycles. The maximum atomic E-state index is 13.4. The summed E-state index contributed by atoms with van der Waals surface area (Å²) in [7, 11) is -4.28. The van der Waals surface area contributed by atoms with Gasteiger partial charge in [0.1, 0.15) is 18.1 Å². The Morgan fingerprint density at radius 3 is 2.50 bits per heavy atom. The van der Waals surface area contributed by atoms with Crippen molar-refractivity contribution in [3.63, 3.8) is 0 Å². The number of amides is 1. The van der Waals surface area contributed by atoms with Crippen LogP contribution in [-0.2, 0) is 16.7 Å². The number of hydrogen-bond donors (Lipinski definition) is 3. The van der Waals surface area contributed by atoms with Crippen molar-refractivity contribution in [2.75, 3.05) is 11.9 Å². The molecule has 1 fully saturated rings. The van der Waals surface area contributed by atoms with Crippen LogP contribution >= 0.6 is 11.6 Å². The summed E-state index contributed by atoms with van der Waals surface area (Å²) in [4.78, 5) is 12.0. The van der Waals surface area contributed by atoms with Crippen LogP contribution in [0.1, 0.15) is 28.8 Å². The molecule has 0 bridgehead atoms. The molecule has 32 heavy (non-hydrogen) atoms. The van der Waals surface area contributed by atoms with E-state index in [9.17, 15) is 35.9 Å². The van der Waals surface area contributed by atoms with Gasteiger partial charge in [0.05, 0.1) is 9.92 Å². The van der Waals surface area contributed by atoms with Gasteiger partial charge in [0, 0.05) is 23.4 Å². The van der Waals surface area contributed by atoms with Crippen molar-refractivity contribution in [3.05, 3.63) is 58.4 Å². The van der Waals surface area contributed by atoms with Gasteiger partial charge in [0.15, 0.2) is 0 Å². The highest BCUT2D eigenvalue weighted by atomic mass is 35.5. The van der Waals surface area contributed by atoms with E-state index in [2.05, 4.69) is 10.0 Å². The number of aliphatic hydroxyl groups is 1. The number of nitrogens with one attached hydrogen (secondary N) is 2. The van der Waals surface area contributed by atoms with Crippen LogP contribution < -0.4 is 10.0 Å². The van der Waals surface area contributed by atoms with Crippen LogP contribution in [0.25, 0.3) is 0 Å². The van der Waals surface area contributed by atoms with Crippen LogP contribution in [0, 0.1) is 11.7 Å². The summed E-state index contributed by atoms with van der Waals surface area (Å²) < 4.78 is 79.6. The molecule has 3 N–H and O–H groups in total. The fraction of sp³-hybridized carbons (Fsp3) is 0.350. The van der Waals surface area contributed by atoms with E-state index < -0.39 is 51.3 Å². The molecule has 174 valence electrons. The maximum Gasteiger partial charge on any atom is 0.266 e. The molecule has 0 saturated heterocycles. The SMILES string of the molecule is O=C(Nc1ccc(F)c(Cl)c1)c1ccc(CF)c(S(=O)(=O)NCC2CC(O)(C(F)F)C2)c1. The third-order valence-electron chi connectivity index (χ3n) is 5.19. The number of halogens is 5. The Balaban J connectivity index is 1.75. The minimum absolute atomic E-state index is 0.112. The maximum absolute atomic E-state index is 13.4. The van der Waals surface area contributed by atoms with E-state index in [4.69, 9.17) is 11.6 Å². The number of hydrogen-bond acceptors (Lipinski definition) is 4. The molecule has 12 heteroatoms. The molecule has 0 heterocycles. The van der Waals surface area contributed by atoms with Gasteiger partial charge in [-0.2, -0.15) is 0 Å². The molecular weight excluding hydrogens is 476 g/mol. The zero-order chi connectivity index (χ0) is 23.7. The fourth-order valence-electron chi connectivity index (χ4n) is 3.40. The lowest BCUT2D eigenvalue weighted by Gasteiger charge is -2.42. The van der Waals surface area contributed by atoms with Gasteiger partial charge < -0.3 is 10.4 Å². The van der Waals surface area contributed by atoms with E-state index in [-0.39, 0.29) is 41.2 Å². The predicted octanol–water partition coefficient (Wildman–Crippen LogP) is 3.89. The second-order valence-corrected chi connectivity index (χ2v) is 9.71. The van der Waals surface area contributed by atoms with Gasteiger partial charge in [0.25, 0.3) is 12.3 Å². The zero-order valence-electron chi connectivity index (χ0n) is 16.4. The third-order valence-corrected chi connectivity index (χ3v) is 6.99. The Morgan fingerprint density at radius 2 is 1.91 bits per heavy atom. The first-order chi connectivity index (χ1) is 14.9. The average molecular weight is 495 g/mol. The average Bonchev–Trinajstić information content (AvgIpc) is 2.72. The summed E-state index contributed by atoms with van der Waals surface area (Å²) in [6.45, 7) is -1.35. The highest BCUT2D eigenvalue weighted by Gasteiger charge is 2.49. The lowest BCUT2D eigenvalue weighted by Crippen LogP contribution is -2.52. The van der Waals surface area contributed by atoms with E-state index in [1.165, 1.54) is 18.2 Å². The van der Waals surface area contributed by atoms with Crippen LogP contribution in [0.15, 0.2) is 41.3 Å². The lowest BCUT2D eigenvalue weighted by atomic mass is 9.71. The lowest BCUT2D eigenvalue weighted by molar-refractivity contribution is -0.166. The van der Waals surface area contributed by atoms with Crippen LogP contribution in [0.3, 0.4) is 0 Å². The predicted molar refractivity (Wildman–Crippen MR) is 109 cm³/mol. The molecule has 3 rings (SSSR count). The minimum atomic E-state index is -4.28. The second kappa shape index (κ2) is 9.34. The zero-order valence-corrected chi connectivity index (χ0v) is 18.0. The van der Waals surface area contributed by atoms with Crippen molar-refractivity contribution < 1.29 is 35.9 Å². The topological polar surface area (TPSA) is 95.5 Å². The summed E-state index contributed by atoms with van der Waals surface area (Å²) in [6.07, 6.45) is -3.47. The molecule has 1 aliphatic rings. The van der Waals surface area contributed by atoms with E-state index >= 15 is 0 Å². The molecule has 0 unspecified atom stereocenters. The van der Waals surface area contributed by atoms with Crippen LogP contribution in [0.5, 0.6) is 0 Å². The normalized spacial score (nSPS) is 20.8. The number of sulfonamides is 1. The first kappa shape index (κ1) is 24.4. The number of rotatable bonds is 8. The number of alkyl halides is 3. The van der Waals surface area contributed by atoms with E-state index in [1.807, 2.05) is 0 Å². The first-order valence-corrected chi connectivity index (χ1v) is 11.3. The Labute approximate surface area is 186 Å². The molecule has 2 aromatic rings. The van der Waals surface area contributed by atoms with Crippen molar-refractivity contribution in [2.24, 2.45) is 5.92 Å². The Bertz CT molecular complexity index is 1120. The van der Waals surface area contributed by atoms with E-state index in [0.29, 0.717) is 0 Å². The minimum Gasteiger partial charge on any atom is -0.384 e. The molecule has 1 saturated carbocycles. The van der Waals surface area contributed by atoms with Crippen molar-refractivity contribution >= 4 is 33.2 Å². The number of carbonyl (C=O) groups is 1. The van der Waals surface area contributed by atoms with Gasteiger partial charge in [0.2, 0.25) is 10.0 Å².